The Bertz CT molecular complexity index is 1640. The van der Waals surface area contributed by atoms with Crippen LogP contribution in [0.1, 0.15) is 40.6 Å². The number of halogens is 2. The summed E-state index contributed by atoms with van der Waals surface area (Å²) in [6, 6.07) is 19.8. The van der Waals surface area contributed by atoms with Crippen LogP contribution in [-0.2, 0) is 6.61 Å². The van der Waals surface area contributed by atoms with Gasteiger partial charge in [0, 0.05) is 11.5 Å². The molecule has 0 saturated heterocycles. The topological polar surface area (TPSA) is 94.7 Å². The number of rotatable bonds is 8. The zero-order valence-electron chi connectivity index (χ0n) is 19.9. The highest BCUT2D eigenvalue weighted by molar-refractivity contribution is 6.39. The highest BCUT2D eigenvalue weighted by Crippen LogP contribution is 2.46. The lowest BCUT2D eigenvalue weighted by molar-refractivity contribution is 0.0690. The van der Waals surface area contributed by atoms with E-state index < -0.39 is 5.97 Å². The maximum atomic E-state index is 11.0. The van der Waals surface area contributed by atoms with Gasteiger partial charge in [0.25, 0.3) is 0 Å². The summed E-state index contributed by atoms with van der Waals surface area (Å²) in [5.41, 5.74) is 2.06. The Labute approximate surface area is 227 Å². The maximum Gasteiger partial charge on any atom is 0.354 e. The number of nitrogens with zero attached hydrogens (tertiary/aromatic N) is 2. The Balaban J connectivity index is 1.22. The van der Waals surface area contributed by atoms with Gasteiger partial charge < -0.3 is 19.1 Å². The minimum atomic E-state index is -1.09. The number of carboxylic acids is 1. The van der Waals surface area contributed by atoms with Crippen LogP contribution < -0.4 is 9.47 Å². The molecule has 7 nitrogen and oxygen atoms in total. The van der Waals surface area contributed by atoms with Gasteiger partial charge in [0.05, 0.1) is 21.8 Å². The highest BCUT2D eigenvalue weighted by atomic mass is 35.5. The number of ether oxygens (including phenoxy) is 2. The molecule has 0 radical (unpaired) electrons. The lowest BCUT2D eigenvalue weighted by atomic mass is 10.0. The summed E-state index contributed by atoms with van der Waals surface area (Å²) in [6.07, 6.45) is 3.49. The summed E-state index contributed by atoms with van der Waals surface area (Å²) in [4.78, 5) is 14.9. The number of hydrogen-bond acceptors (Lipinski definition) is 6. The molecule has 1 N–H and O–H groups in total. The second-order valence-electron chi connectivity index (χ2n) is 8.99. The van der Waals surface area contributed by atoms with Crippen molar-refractivity contribution in [3.63, 3.8) is 0 Å². The van der Waals surface area contributed by atoms with Crippen LogP contribution in [0.5, 0.6) is 17.2 Å². The van der Waals surface area contributed by atoms with Crippen molar-refractivity contribution in [1.82, 2.24) is 10.1 Å². The second-order valence-corrected chi connectivity index (χ2v) is 9.81. The number of benzene rings is 3. The third-order valence-electron chi connectivity index (χ3n) is 6.32. The molecule has 2 aromatic heterocycles. The Morgan fingerprint density at radius 1 is 0.947 bits per heavy atom. The van der Waals surface area contributed by atoms with E-state index >= 15 is 0 Å². The molecular weight excluding hydrogens is 527 g/mol. The summed E-state index contributed by atoms with van der Waals surface area (Å²) >= 11 is 12.9. The number of aromatic carboxylic acids is 1. The highest BCUT2D eigenvalue weighted by Gasteiger charge is 2.33. The molecule has 2 heterocycles. The zero-order chi connectivity index (χ0) is 26.2. The van der Waals surface area contributed by atoms with Crippen molar-refractivity contribution in [3.8, 4) is 28.5 Å². The van der Waals surface area contributed by atoms with Gasteiger partial charge >= 0.3 is 5.97 Å². The molecule has 0 bridgehead atoms. The first-order valence-corrected chi connectivity index (χ1v) is 12.7. The van der Waals surface area contributed by atoms with Crippen LogP contribution in [0.25, 0.3) is 22.0 Å². The van der Waals surface area contributed by atoms with Crippen molar-refractivity contribution < 1.29 is 23.9 Å². The molecule has 0 atom stereocenters. The van der Waals surface area contributed by atoms with Gasteiger partial charge in [-0.1, -0.05) is 46.6 Å². The summed E-state index contributed by atoms with van der Waals surface area (Å²) in [6.45, 7) is 0.262. The predicted octanol–water partition coefficient (Wildman–Crippen LogP) is 8.14. The molecule has 3 aromatic carbocycles. The molecule has 5 aromatic rings. The minimum absolute atomic E-state index is 0.0408. The van der Waals surface area contributed by atoms with Crippen molar-refractivity contribution in [2.24, 2.45) is 0 Å². The van der Waals surface area contributed by atoms with E-state index in [0.717, 1.165) is 34.9 Å². The Morgan fingerprint density at radius 2 is 1.63 bits per heavy atom. The van der Waals surface area contributed by atoms with Crippen molar-refractivity contribution in [2.75, 3.05) is 0 Å². The Kier molecular flexibility index (Phi) is 6.39. The molecular formula is C29H20Cl2N2O5. The van der Waals surface area contributed by atoms with Crippen molar-refractivity contribution in [1.29, 1.82) is 0 Å². The molecule has 0 unspecified atom stereocenters. The van der Waals surface area contributed by atoms with E-state index in [1.165, 1.54) is 12.3 Å². The van der Waals surface area contributed by atoms with E-state index in [0.29, 0.717) is 44.5 Å². The average Bonchev–Trinajstić information content (AvgIpc) is 3.68. The van der Waals surface area contributed by atoms with Crippen molar-refractivity contribution >= 4 is 39.9 Å². The van der Waals surface area contributed by atoms with Gasteiger partial charge in [0.1, 0.15) is 41.0 Å². The SMILES string of the molecule is O=C(O)c1ccc(Oc2ccc3cc(OCc4c(-c5c(Cl)cccc5Cl)noc4C4CC4)ccc3c2)cn1. The van der Waals surface area contributed by atoms with Gasteiger partial charge in [0.2, 0.25) is 0 Å². The van der Waals surface area contributed by atoms with Gasteiger partial charge in [-0.15, -0.1) is 0 Å². The minimum Gasteiger partial charge on any atom is -0.489 e. The first-order chi connectivity index (χ1) is 18.5. The van der Waals surface area contributed by atoms with Crippen molar-refractivity contribution in [2.45, 2.75) is 25.4 Å². The van der Waals surface area contributed by atoms with Gasteiger partial charge in [-0.3, -0.25) is 0 Å². The van der Waals surface area contributed by atoms with Crippen LogP contribution in [0.3, 0.4) is 0 Å². The third kappa shape index (κ3) is 4.90. The molecule has 1 fully saturated rings. The Morgan fingerprint density at radius 3 is 2.29 bits per heavy atom. The third-order valence-corrected chi connectivity index (χ3v) is 6.95. The van der Waals surface area contributed by atoms with Gasteiger partial charge in [-0.2, -0.15) is 0 Å². The Hall–Kier alpha value is -4.07. The maximum absolute atomic E-state index is 11.0. The van der Waals surface area contributed by atoms with E-state index in [4.69, 9.17) is 42.3 Å². The fraction of sp³-hybridized carbons (Fsp3) is 0.138. The first kappa shape index (κ1) is 24.3. The number of pyridine rings is 1. The summed E-state index contributed by atoms with van der Waals surface area (Å²) in [5.74, 6) is 1.82. The van der Waals surface area contributed by atoms with E-state index in [1.807, 2.05) is 36.4 Å². The number of fused-ring (bicyclic) bond motifs is 1. The van der Waals surface area contributed by atoms with Crippen LogP contribution in [0.4, 0.5) is 0 Å². The summed E-state index contributed by atoms with van der Waals surface area (Å²) in [5, 5.41) is 16.2. The number of carbonyl (C=O) groups is 1. The van der Waals surface area contributed by atoms with Crippen LogP contribution in [-0.4, -0.2) is 21.2 Å². The standard InChI is InChI=1S/C29H20Cl2N2O5/c30-23-2-1-3-24(31)26(23)27-22(28(38-33-27)16-4-5-16)15-36-19-8-6-18-13-20(9-7-17(18)12-19)37-21-10-11-25(29(34)35)32-14-21/h1-3,6-14,16H,4-5,15H2,(H,34,35). The van der Waals surface area contributed by atoms with Gasteiger partial charge in [0.15, 0.2) is 0 Å². The van der Waals surface area contributed by atoms with E-state index in [1.54, 1.807) is 24.3 Å². The van der Waals surface area contributed by atoms with Crippen LogP contribution in [0.2, 0.25) is 10.0 Å². The summed E-state index contributed by atoms with van der Waals surface area (Å²) in [7, 11) is 0. The van der Waals surface area contributed by atoms with E-state index in [9.17, 15) is 4.79 Å². The lowest BCUT2D eigenvalue weighted by Gasteiger charge is -2.11. The molecule has 38 heavy (non-hydrogen) atoms. The summed E-state index contributed by atoms with van der Waals surface area (Å²) < 4.78 is 17.8. The zero-order valence-corrected chi connectivity index (χ0v) is 21.4. The predicted molar refractivity (Wildman–Crippen MR) is 143 cm³/mol. The molecule has 0 amide bonds. The molecule has 6 rings (SSSR count). The van der Waals surface area contributed by atoms with Crippen LogP contribution >= 0.6 is 23.2 Å². The second kappa shape index (κ2) is 10.0. The largest absolute Gasteiger partial charge is 0.489 e. The van der Waals surface area contributed by atoms with E-state index in [2.05, 4.69) is 10.1 Å². The van der Waals surface area contributed by atoms with Gasteiger partial charge in [-0.25, -0.2) is 9.78 Å². The molecule has 1 aliphatic rings. The first-order valence-electron chi connectivity index (χ1n) is 11.9. The lowest BCUT2D eigenvalue weighted by Crippen LogP contribution is -2.00. The smallest absolute Gasteiger partial charge is 0.354 e. The number of aromatic nitrogens is 2. The molecule has 9 heteroatoms. The fourth-order valence-electron chi connectivity index (χ4n) is 4.26. The fourth-order valence-corrected chi connectivity index (χ4v) is 4.84. The van der Waals surface area contributed by atoms with Gasteiger partial charge in [-0.05, 0) is 72.1 Å². The monoisotopic (exact) mass is 546 g/mol. The molecule has 1 saturated carbocycles. The molecule has 1 aliphatic carbocycles. The number of hydrogen-bond donors (Lipinski definition) is 1. The van der Waals surface area contributed by atoms with E-state index in [-0.39, 0.29) is 12.3 Å². The van der Waals surface area contributed by atoms with Crippen molar-refractivity contribution in [3.05, 3.63) is 100.0 Å². The van der Waals surface area contributed by atoms with Crippen LogP contribution in [0.15, 0.2) is 77.4 Å². The quantitative estimate of drug-likeness (QED) is 0.210. The normalized spacial score (nSPS) is 13.0. The van der Waals surface area contributed by atoms with Crippen LogP contribution in [0, 0.1) is 0 Å². The molecule has 0 spiro atoms. The molecule has 0 aliphatic heterocycles. The number of carboxylic acid groups (broad SMARTS) is 1. The average molecular weight is 547 g/mol. The molecule has 190 valence electrons.